The largest absolute Gasteiger partial charge is 0.351 e. The SMILES string of the molecule is CN=C(NCC(F)F)N1CCN(C(C)C(=O)N2CCCC2)CC1.I. The zero-order valence-electron chi connectivity index (χ0n) is 14.4. The molecule has 24 heavy (non-hydrogen) atoms. The summed E-state index contributed by atoms with van der Waals surface area (Å²) in [6.45, 7) is 6.13. The van der Waals surface area contributed by atoms with Crippen LogP contribution in [0.3, 0.4) is 0 Å². The van der Waals surface area contributed by atoms with Gasteiger partial charge in [0.1, 0.15) is 0 Å². The number of likely N-dealkylation sites (tertiary alicyclic amines) is 1. The molecular weight excluding hydrogens is 431 g/mol. The van der Waals surface area contributed by atoms with Gasteiger partial charge in [-0.2, -0.15) is 0 Å². The van der Waals surface area contributed by atoms with Crippen molar-refractivity contribution in [3.8, 4) is 0 Å². The molecule has 9 heteroatoms. The van der Waals surface area contributed by atoms with Crippen molar-refractivity contribution in [1.82, 2.24) is 20.0 Å². The number of hydrogen-bond donors (Lipinski definition) is 1. The van der Waals surface area contributed by atoms with Crippen LogP contribution in [0.2, 0.25) is 0 Å². The number of nitrogens with zero attached hydrogens (tertiary/aromatic N) is 4. The van der Waals surface area contributed by atoms with E-state index in [1.165, 1.54) is 0 Å². The Kier molecular flexibility index (Phi) is 9.17. The Morgan fingerprint density at radius 3 is 2.17 bits per heavy atom. The zero-order valence-corrected chi connectivity index (χ0v) is 16.7. The Labute approximate surface area is 159 Å². The molecule has 140 valence electrons. The Bertz CT molecular complexity index is 424. The molecule has 0 spiro atoms. The first kappa shape index (κ1) is 21.3. The van der Waals surface area contributed by atoms with Crippen molar-refractivity contribution in [3.05, 3.63) is 0 Å². The fourth-order valence-electron chi connectivity index (χ4n) is 3.18. The van der Waals surface area contributed by atoms with Crippen LogP contribution in [0.25, 0.3) is 0 Å². The molecule has 0 aliphatic carbocycles. The van der Waals surface area contributed by atoms with E-state index >= 15 is 0 Å². The normalized spacial score (nSPS) is 21.0. The van der Waals surface area contributed by atoms with E-state index < -0.39 is 13.0 Å². The van der Waals surface area contributed by atoms with Crippen LogP contribution in [0.15, 0.2) is 4.99 Å². The molecule has 1 unspecified atom stereocenters. The standard InChI is InChI=1S/C15H27F2N5O.HI/c1-12(14(23)21-5-3-4-6-21)20-7-9-22(10-8-20)15(18-2)19-11-13(16)17;/h12-13H,3-11H2,1-2H3,(H,18,19);1H. The molecule has 1 amide bonds. The summed E-state index contributed by atoms with van der Waals surface area (Å²) in [6.07, 6.45) is -0.206. The summed E-state index contributed by atoms with van der Waals surface area (Å²) in [5.74, 6) is 0.708. The highest BCUT2D eigenvalue weighted by molar-refractivity contribution is 14.0. The third-order valence-corrected chi connectivity index (χ3v) is 4.56. The lowest BCUT2D eigenvalue weighted by Crippen LogP contribution is -2.57. The fourth-order valence-corrected chi connectivity index (χ4v) is 3.18. The molecule has 6 nitrogen and oxygen atoms in total. The Balaban J connectivity index is 0.00000288. The highest BCUT2D eigenvalue weighted by atomic mass is 127. The number of rotatable bonds is 4. The minimum atomic E-state index is -2.40. The minimum Gasteiger partial charge on any atom is -0.351 e. The number of hydrogen-bond acceptors (Lipinski definition) is 3. The molecule has 0 radical (unpaired) electrons. The lowest BCUT2D eigenvalue weighted by Gasteiger charge is -2.39. The number of carbonyl (C=O) groups excluding carboxylic acids is 1. The second-order valence-corrected chi connectivity index (χ2v) is 6.05. The van der Waals surface area contributed by atoms with Crippen LogP contribution in [0.1, 0.15) is 19.8 Å². The molecule has 2 heterocycles. The van der Waals surface area contributed by atoms with E-state index in [0.717, 1.165) is 39.0 Å². The number of nitrogens with one attached hydrogen (secondary N) is 1. The van der Waals surface area contributed by atoms with E-state index in [9.17, 15) is 13.6 Å². The summed E-state index contributed by atoms with van der Waals surface area (Å²) in [4.78, 5) is 22.6. The lowest BCUT2D eigenvalue weighted by molar-refractivity contribution is -0.135. The topological polar surface area (TPSA) is 51.2 Å². The average Bonchev–Trinajstić information content (AvgIpc) is 3.09. The molecule has 2 fully saturated rings. The van der Waals surface area contributed by atoms with Crippen molar-refractivity contribution in [3.63, 3.8) is 0 Å². The van der Waals surface area contributed by atoms with Crippen LogP contribution in [0.4, 0.5) is 8.78 Å². The van der Waals surface area contributed by atoms with Gasteiger partial charge in [-0.15, -0.1) is 24.0 Å². The first-order chi connectivity index (χ1) is 11.0. The predicted molar refractivity (Wildman–Crippen MR) is 101 cm³/mol. The second kappa shape index (κ2) is 10.3. The van der Waals surface area contributed by atoms with E-state index in [1.54, 1.807) is 7.05 Å². The van der Waals surface area contributed by atoms with Crippen LogP contribution in [0, 0.1) is 0 Å². The molecule has 0 bridgehead atoms. The third-order valence-electron chi connectivity index (χ3n) is 4.56. The van der Waals surface area contributed by atoms with Crippen LogP contribution in [-0.2, 0) is 4.79 Å². The second-order valence-electron chi connectivity index (χ2n) is 6.05. The van der Waals surface area contributed by atoms with Crippen LogP contribution < -0.4 is 5.32 Å². The number of aliphatic imine (C=N–C) groups is 1. The van der Waals surface area contributed by atoms with Crippen molar-refractivity contribution in [2.75, 3.05) is 52.9 Å². The minimum absolute atomic E-state index is 0. The van der Waals surface area contributed by atoms with Crippen LogP contribution >= 0.6 is 24.0 Å². The Morgan fingerprint density at radius 2 is 1.67 bits per heavy atom. The van der Waals surface area contributed by atoms with Crippen molar-refractivity contribution < 1.29 is 13.6 Å². The van der Waals surface area contributed by atoms with Crippen LogP contribution in [-0.4, -0.2) is 91.9 Å². The molecule has 0 aromatic heterocycles. The van der Waals surface area contributed by atoms with E-state index in [1.807, 2.05) is 16.7 Å². The van der Waals surface area contributed by atoms with E-state index in [2.05, 4.69) is 15.2 Å². The van der Waals surface area contributed by atoms with E-state index in [4.69, 9.17) is 0 Å². The van der Waals surface area contributed by atoms with E-state index in [0.29, 0.717) is 19.0 Å². The van der Waals surface area contributed by atoms with Gasteiger partial charge >= 0.3 is 0 Å². The predicted octanol–water partition coefficient (Wildman–Crippen LogP) is 1.07. The summed E-state index contributed by atoms with van der Waals surface area (Å²) in [5, 5.41) is 2.68. The molecule has 0 saturated carbocycles. The van der Waals surface area contributed by atoms with E-state index in [-0.39, 0.29) is 35.9 Å². The van der Waals surface area contributed by atoms with Gasteiger partial charge in [0.15, 0.2) is 5.96 Å². The van der Waals surface area contributed by atoms with Gasteiger partial charge in [0.25, 0.3) is 6.43 Å². The van der Waals surface area contributed by atoms with Crippen molar-refractivity contribution >= 4 is 35.8 Å². The zero-order chi connectivity index (χ0) is 16.8. The molecule has 1 N–H and O–H groups in total. The number of halogens is 3. The molecule has 0 aromatic rings. The van der Waals surface area contributed by atoms with Gasteiger partial charge in [0, 0.05) is 46.3 Å². The Hall–Kier alpha value is -0.710. The summed E-state index contributed by atoms with van der Waals surface area (Å²) in [5.41, 5.74) is 0. The molecule has 2 aliphatic rings. The molecule has 0 aromatic carbocycles. The number of carbonyl (C=O) groups is 1. The third kappa shape index (κ3) is 5.68. The van der Waals surface area contributed by atoms with Crippen molar-refractivity contribution in [1.29, 1.82) is 0 Å². The maximum atomic E-state index is 12.4. The number of piperazine rings is 1. The summed E-state index contributed by atoms with van der Waals surface area (Å²) < 4.78 is 24.6. The maximum Gasteiger partial charge on any atom is 0.255 e. The summed E-state index contributed by atoms with van der Waals surface area (Å²) in [6, 6.07) is -0.119. The smallest absolute Gasteiger partial charge is 0.255 e. The highest BCUT2D eigenvalue weighted by Gasteiger charge is 2.30. The fraction of sp³-hybridized carbons (Fsp3) is 0.867. The lowest BCUT2D eigenvalue weighted by atomic mass is 10.2. The Morgan fingerprint density at radius 1 is 1.08 bits per heavy atom. The number of guanidine groups is 1. The molecule has 2 rings (SSSR count). The first-order valence-corrected chi connectivity index (χ1v) is 8.29. The number of amides is 1. The number of alkyl halides is 2. The maximum absolute atomic E-state index is 12.4. The van der Waals surface area contributed by atoms with Crippen molar-refractivity contribution in [2.45, 2.75) is 32.2 Å². The van der Waals surface area contributed by atoms with Crippen molar-refractivity contribution in [2.24, 2.45) is 4.99 Å². The molecule has 2 aliphatic heterocycles. The summed E-state index contributed by atoms with van der Waals surface area (Å²) in [7, 11) is 1.60. The summed E-state index contributed by atoms with van der Waals surface area (Å²) >= 11 is 0. The average molecular weight is 459 g/mol. The van der Waals surface area contributed by atoms with Gasteiger partial charge in [-0.3, -0.25) is 14.7 Å². The highest BCUT2D eigenvalue weighted by Crippen LogP contribution is 2.14. The van der Waals surface area contributed by atoms with Gasteiger partial charge in [0.2, 0.25) is 5.91 Å². The quantitative estimate of drug-likeness (QED) is 0.389. The van der Waals surface area contributed by atoms with Gasteiger partial charge in [-0.05, 0) is 19.8 Å². The van der Waals surface area contributed by atoms with Crippen LogP contribution in [0.5, 0.6) is 0 Å². The molecule has 1 atom stereocenters. The van der Waals surface area contributed by atoms with Gasteiger partial charge in [-0.1, -0.05) is 0 Å². The van der Waals surface area contributed by atoms with Gasteiger partial charge < -0.3 is 15.1 Å². The van der Waals surface area contributed by atoms with Gasteiger partial charge in [-0.25, -0.2) is 8.78 Å². The first-order valence-electron chi connectivity index (χ1n) is 8.29. The monoisotopic (exact) mass is 459 g/mol. The molecular formula is C15H28F2IN5O. The molecule has 2 saturated heterocycles. The van der Waals surface area contributed by atoms with Gasteiger partial charge in [0.05, 0.1) is 12.6 Å².